The highest BCUT2D eigenvalue weighted by Gasteiger charge is 2.32. The number of halogens is 5. The summed E-state index contributed by atoms with van der Waals surface area (Å²) in [6, 6.07) is 8.97. The second kappa shape index (κ2) is 7.29. The molecule has 8 heteroatoms. The van der Waals surface area contributed by atoms with Crippen LogP contribution < -0.4 is 15.2 Å². The molecule has 0 aliphatic heterocycles. The maximum atomic E-state index is 12.4. The van der Waals surface area contributed by atoms with Gasteiger partial charge < -0.3 is 15.2 Å². The number of hydrogen-bond acceptors (Lipinski definition) is 3. The number of nitrogens with two attached hydrogens (primary N) is 1. The van der Waals surface area contributed by atoms with Crippen LogP contribution in [0.15, 0.2) is 36.4 Å². The lowest BCUT2D eigenvalue weighted by Crippen LogP contribution is -2.18. The summed E-state index contributed by atoms with van der Waals surface area (Å²) in [5.41, 5.74) is 6.60. The first-order valence-corrected chi connectivity index (χ1v) is 7.24. The first-order valence-electron chi connectivity index (χ1n) is 6.48. The topological polar surface area (TPSA) is 44.5 Å². The van der Waals surface area contributed by atoms with Crippen molar-refractivity contribution >= 4 is 23.2 Å². The van der Waals surface area contributed by atoms with E-state index in [0.717, 1.165) is 0 Å². The Balaban J connectivity index is 2.40. The molecule has 0 heterocycles. The van der Waals surface area contributed by atoms with E-state index in [2.05, 4.69) is 4.74 Å². The van der Waals surface area contributed by atoms with Gasteiger partial charge in [-0.3, -0.25) is 0 Å². The van der Waals surface area contributed by atoms with Gasteiger partial charge in [0.15, 0.2) is 11.5 Å². The van der Waals surface area contributed by atoms with Crippen molar-refractivity contribution in [2.75, 3.05) is 13.2 Å². The van der Waals surface area contributed by atoms with Crippen LogP contribution in [0.25, 0.3) is 11.1 Å². The van der Waals surface area contributed by atoms with Crippen LogP contribution >= 0.6 is 23.2 Å². The van der Waals surface area contributed by atoms with Gasteiger partial charge >= 0.3 is 6.36 Å². The van der Waals surface area contributed by atoms with Crippen LogP contribution in [0.3, 0.4) is 0 Å². The summed E-state index contributed by atoms with van der Waals surface area (Å²) in [6.07, 6.45) is -4.81. The third-order valence-corrected chi connectivity index (χ3v) is 3.54. The second-order valence-electron chi connectivity index (χ2n) is 4.48. The molecule has 0 bridgehead atoms. The fraction of sp³-hybridized carbons (Fsp3) is 0.200. The van der Waals surface area contributed by atoms with Gasteiger partial charge in [0.05, 0.1) is 10.0 Å². The lowest BCUT2D eigenvalue weighted by atomic mass is 10.1. The Morgan fingerprint density at radius 2 is 1.57 bits per heavy atom. The van der Waals surface area contributed by atoms with E-state index >= 15 is 0 Å². The molecule has 0 atom stereocenters. The number of alkyl halides is 3. The summed E-state index contributed by atoms with van der Waals surface area (Å²) in [4.78, 5) is 0. The quantitative estimate of drug-likeness (QED) is 0.819. The summed E-state index contributed by atoms with van der Waals surface area (Å²) < 4.78 is 46.5. The van der Waals surface area contributed by atoms with Gasteiger partial charge in [-0.2, -0.15) is 0 Å². The second-order valence-corrected chi connectivity index (χ2v) is 5.29. The van der Waals surface area contributed by atoms with E-state index in [1.165, 1.54) is 18.2 Å². The lowest BCUT2D eigenvalue weighted by Gasteiger charge is -2.15. The van der Waals surface area contributed by atoms with Crippen LogP contribution in [0.2, 0.25) is 10.0 Å². The van der Waals surface area contributed by atoms with Crippen molar-refractivity contribution in [3.8, 4) is 22.6 Å². The van der Waals surface area contributed by atoms with Crippen molar-refractivity contribution in [2.45, 2.75) is 6.36 Å². The first-order chi connectivity index (χ1) is 10.8. The Morgan fingerprint density at radius 3 is 2.17 bits per heavy atom. The molecule has 0 aliphatic carbocycles. The molecule has 2 rings (SSSR count). The van der Waals surface area contributed by atoms with Crippen molar-refractivity contribution < 1.29 is 22.6 Å². The van der Waals surface area contributed by atoms with Gasteiger partial charge in [0.2, 0.25) is 0 Å². The Morgan fingerprint density at radius 1 is 0.913 bits per heavy atom. The van der Waals surface area contributed by atoms with Crippen LogP contribution in [0.1, 0.15) is 0 Å². The zero-order valence-corrected chi connectivity index (χ0v) is 13.2. The highest BCUT2D eigenvalue weighted by atomic mass is 35.5. The minimum atomic E-state index is -4.81. The summed E-state index contributed by atoms with van der Waals surface area (Å²) in [5, 5.41) is 0.719. The van der Waals surface area contributed by atoms with Crippen molar-refractivity contribution in [3.05, 3.63) is 46.4 Å². The third-order valence-electron chi connectivity index (χ3n) is 2.80. The van der Waals surface area contributed by atoms with E-state index in [1.807, 2.05) is 0 Å². The van der Waals surface area contributed by atoms with Crippen LogP contribution in [-0.4, -0.2) is 19.5 Å². The van der Waals surface area contributed by atoms with Gasteiger partial charge in [-0.25, -0.2) is 0 Å². The van der Waals surface area contributed by atoms with Crippen molar-refractivity contribution in [3.63, 3.8) is 0 Å². The molecule has 124 valence electrons. The molecule has 0 radical (unpaired) electrons. The van der Waals surface area contributed by atoms with E-state index in [4.69, 9.17) is 33.7 Å². The van der Waals surface area contributed by atoms with E-state index in [9.17, 15) is 13.2 Å². The first kappa shape index (κ1) is 17.7. The Hall–Kier alpha value is -1.63. The molecule has 0 aromatic heterocycles. The van der Waals surface area contributed by atoms with Crippen LogP contribution in [0.5, 0.6) is 11.5 Å². The molecular formula is C15H12Cl2F3NO2. The minimum absolute atomic E-state index is 0.0546. The molecule has 3 nitrogen and oxygen atoms in total. The average molecular weight is 366 g/mol. The van der Waals surface area contributed by atoms with Gasteiger partial charge in [0.1, 0.15) is 6.61 Å². The summed E-state index contributed by atoms with van der Waals surface area (Å²) in [5.74, 6) is -0.494. The van der Waals surface area contributed by atoms with Crippen molar-refractivity contribution in [1.82, 2.24) is 0 Å². The lowest BCUT2D eigenvalue weighted by molar-refractivity contribution is -0.275. The molecule has 0 aliphatic rings. The maximum absolute atomic E-state index is 12.4. The molecule has 0 unspecified atom stereocenters. The molecule has 0 saturated heterocycles. The predicted molar refractivity (Wildman–Crippen MR) is 83.1 cm³/mol. The normalized spacial score (nSPS) is 11.4. The molecule has 0 amide bonds. The van der Waals surface area contributed by atoms with E-state index < -0.39 is 12.1 Å². The van der Waals surface area contributed by atoms with E-state index in [1.54, 1.807) is 18.2 Å². The van der Waals surface area contributed by atoms with Crippen molar-refractivity contribution in [1.29, 1.82) is 0 Å². The highest BCUT2D eigenvalue weighted by molar-refractivity contribution is 6.42. The number of rotatable bonds is 5. The number of benzene rings is 2. The molecule has 0 fully saturated rings. The summed E-state index contributed by atoms with van der Waals surface area (Å²) in [7, 11) is 0. The average Bonchev–Trinajstić information content (AvgIpc) is 2.47. The zero-order chi connectivity index (χ0) is 17.0. The molecule has 2 aromatic carbocycles. The Labute approximate surface area is 140 Å². The Bertz CT molecular complexity index is 693. The fourth-order valence-electron chi connectivity index (χ4n) is 1.85. The molecule has 0 spiro atoms. The van der Waals surface area contributed by atoms with Gasteiger partial charge in [-0.15, -0.1) is 13.2 Å². The minimum Gasteiger partial charge on any atom is -0.488 e. The number of ether oxygens (including phenoxy) is 2. The van der Waals surface area contributed by atoms with E-state index in [-0.39, 0.29) is 18.9 Å². The van der Waals surface area contributed by atoms with Crippen molar-refractivity contribution in [2.24, 2.45) is 5.73 Å². The molecule has 23 heavy (non-hydrogen) atoms. The predicted octanol–water partition coefficient (Wildman–Crippen LogP) is 4.90. The van der Waals surface area contributed by atoms with Crippen LogP contribution in [0.4, 0.5) is 13.2 Å². The third kappa shape index (κ3) is 4.92. The monoisotopic (exact) mass is 365 g/mol. The molecule has 0 saturated carbocycles. The highest BCUT2D eigenvalue weighted by Crippen LogP contribution is 2.37. The van der Waals surface area contributed by atoms with Gasteiger partial charge in [-0.05, 0) is 35.4 Å². The van der Waals surface area contributed by atoms with Gasteiger partial charge in [0, 0.05) is 6.54 Å². The van der Waals surface area contributed by atoms with Crippen LogP contribution in [-0.2, 0) is 0 Å². The molecule has 2 N–H and O–H groups in total. The smallest absolute Gasteiger partial charge is 0.488 e. The van der Waals surface area contributed by atoms with E-state index in [0.29, 0.717) is 21.2 Å². The van der Waals surface area contributed by atoms with Crippen LogP contribution in [0, 0.1) is 0 Å². The number of hydrogen-bond donors (Lipinski definition) is 1. The summed E-state index contributed by atoms with van der Waals surface area (Å²) >= 11 is 11.8. The standard InChI is InChI=1S/C15H12Cl2F3NO2/c16-11-3-1-9(7-12(11)17)10-2-4-13(23-15(18,19)20)14(8-10)22-6-5-21/h1-4,7-8H,5-6,21H2. The maximum Gasteiger partial charge on any atom is 0.573 e. The molecular weight excluding hydrogens is 354 g/mol. The SMILES string of the molecule is NCCOc1cc(-c2ccc(Cl)c(Cl)c2)ccc1OC(F)(F)F. The van der Waals surface area contributed by atoms with Gasteiger partial charge in [-0.1, -0.05) is 35.3 Å². The van der Waals surface area contributed by atoms with Gasteiger partial charge in [0.25, 0.3) is 0 Å². The molecule has 2 aromatic rings. The summed E-state index contributed by atoms with van der Waals surface area (Å²) in [6.45, 7) is 0.210. The largest absolute Gasteiger partial charge is 0.573 e. The zero-order valence-electron chi connectivity index (χ0n) is 11.7. The Kier molecular flexibility index (Phi) is 5.62. The fourth-order valence-corrected chi connectivity index (χ4v) is 2.15.